The predicted octanol–water partition coefficient (Wildman–Crippen LogP) is 3.77. The molecule has 2 rings (SSSR count). The maximum absolute atomic E-state index is 12.1. The number of benzene rings is 1. The molecule has 1 unspecified atom stereocenters. The number of amides is 1. The summed E-state index contributed by atoms with van der Waals surface area (Å²) in [5.74, 6) is 0.967. The number of rotatable bonds is 4. The second kappa shape index (κ2) is 7.88. The molecular formula is C19H29NO4. The Morgan fingerprint density at radius 2 is 1.83 bits per heavy atom. The SMILES string of the molecule is CCOc1ccc(C(O)C2CCN(C(=O)OC(C)(C)C)CC2)cc1. The fraction of sp³-hybridized carbons (Fsp3) is 0.632. The van der Waals surface area contributed by atoms with Crippen LogP contribution in [0.1, 0.15) is 52.2 Å². The van der Waals surface area contributed by atoms with E-state index in [4.69, 9.17) is 9.47 Å². The summed E-state index contributed by atoms with van der Waals surface area (Å²) in [5.41, 5.74) is 0.421. The van der Waals surface area contributed by atoms with Gasteiger partial charge in [-0.25, -0.2) is 4.79 Å². The number of likely N-dealkylation sites (tertiary alicyclic amines) is 1. The van der Waals surface area contributed by atoms with Gasteiger partial charge in [-0.3, -0.25) is 0 Å². The Kier molecular flexibility index (Phi) is 6.10. The smallest absolute Gasteiger partial charge is 0.410 e. The number of carbonyl (C=O) groups is 1. The van der Waals surface area contributed by atoms with Gasteiger partial charge < -0.3 is 19.5 Å². The zero-order chi connectivity index (χ0) is 17.7. The third-order valence-electron chi connectivity index (χ3n) is 4.17. The number of ether oxygens (including phenoxy) is 2. The van der Waals surface area contributed by atoms with E-state index in [9.17, 15) is 9.90 Å². The van der Waals surface area contributed by atoms with Gasteiger partial charge in [0, 0.05) is 13.1 Å². The van der Waals surface area contributed by atoms with Crippen molar-refractivity contribution < 1.29 is 19.4 Å². The van der Waals surface area contributed by atoms with Crippen LogP contribution < -0.4 is 4.74 Å². The zero-order valence-corrected chi connectivity index (χ0v) is 15.1. The fourth-order valence-electron chi connectivity index (χ4n) is 2.92. The van der Waals surface area contributed by atoms with Crippen LogP contribution in [0, 0.1) is 5.92 Å². The first-order chi connectivity index (χ1) is 11.3. The van der Waals surface area contributed by atoms with Crippen LogP contribution in [-0.4, -0.2) is 41.4 Å². The van der Waals surface area contributed by atoms with Crippen molar-refractivity contribution in [3.05, 3.63) is 29.8 Å². The van der Waals surface area contributed by atoms with Crippen LogP contribution in [-0.2, 0) is 4.74 Å². The topological polar surface area (TPSA) is 59.0 Å². The molecule has 1 aromatic carbocycles. The number of nitrogens with zero attached hydrogens (tertiary/aromatic N) is 1. The van der Waals surface area contributed by atoms with Crippen LogP contribution in [0.25, 0.3) is 0 Å². The van der Waals surface area contributed by atoms with Gasteiger partial charge in [-0.15, -0.1) is 0 Å². The minimum Gasteiger partial charge on any atom is -0.494 e. The molecule has 0 aromatic heterocycles. The van der Waals surface area contributed by atoms with Crippen molar-refractivity contribution in [2.45, 2.75) is 52.2 Å². The summed E-state index contributed by atoms with van der Waals surface area (Å²) in [4.78, 5) is 13.8. The second-order valence-corrected chi connectivity index (χ2v) is 7.25. The van der Waals surface area contributed by atoms with Crippen molar-refractivity contribution in [3.8, 4) is 5.75 Å². The van der Waals surface area contributed by atoms with Crippen molar-refractivity contribution in [2.75, 3.05) is 19.7 Å². The largest absolute Gasteiger partial charge is 0.494 e. The molecular weight excluding hydrogens is 306 g/mol. The molecule has 1 atom stereocenters. The maximum atomic E-state index is 12.1. The molecule has 1 aromatic rings. The number of carbonyl (C=O) groups excluding carboxylic acids is 1. The van der Waals surface area contributed by atoms with Gasteiger partial charge in [-0.2, -0.15) is 0 Å². The number of piperidine rings is 1. The van der Waals surface area contributed by atoms with E-state index < -0.39 is 11.7 Å². The van der Waals surface area contributed by atoms with Crippen LogP contribution in [0.3, 0.4) is 0 Å². The first-order valence-electron chi connectivity index (χ1n) is 8.69. The Morgan fingerprint density at radius 1 is 1.25 bits per heavy atom. The molecule has 5 heteroatoms. The summed E-state index contributed by atoms with van der Waals surface area (Å²) in [6, 6.07) is 7.60. The molecule has 5 nitrogen and oxygen atoms in total. The van der Waals surface area contributed by atoms with Gasteiger partial charge in [0.1, 0.15) is 11.4 Å². The molecule has 0 spiro atoms. The second-order valence-electron chi connectivity index (χ2n) is 7.25. The third kappa shape index (κ3) is 5.13. The molecule has 1 amide bonds. The standard InChI is InChI=1S/C19H29NO4/c1-5-23-16-8-6-14(7-9-16)17(21)15-10-12-20(13-11-15)18(22)24-19(2,3)4/h6-9,15,17,21H,5,10-13H2,1-4H3. The lowest BCUT2D eigenvalue weighted by Gasteiger charge is -2.35. The van der Waals surface area contributed by atoms with Gasteiger partial charge in [0.15, 0.2) is 0 Å². The molecule has 0 radical (unpaired) electrons. The lowest BCUT2D eigenvalue weighted by atomic mass is 9.87. The van der Waals surface area contributed by atoms with Crippen LogP contribution in [0.4, 0.5) is 4.79 Å². The van der Waals surface area contributed by atoms with E-state index >= 15 is 0 Å². The van der Waals surface area contributed by atoms with Gasteiger partial charge >= 0.3 is 6.09 Å². The lowest BCUT2D eigenvalue weighted by molar-refractivity contribution is 0.00766. The van der Waals surface area contributed by atoms with Gasteiger partial charge in [-0.05, 0) is 64.2 Å². The van der Waals surface area contributed by atoms with Crippen molar-refractivity contribution in [3.63, 3.8) is 0 Å². The highest BCUT2D eigenvalue weighted by Crippen LogP contribution is 2.32. The van der Waals surface area contributed by atoms with Crippen LogP contribution >= 0.6 is 0 Å². The first-order valence-corrected chi connectivity index (χ1v) is 8.69. The normalized spacial score (nSPS) is 17.5. The Hall–Kier alpha value is -1.75. The van der Waals surface area contributed by atoms with Crippen molar-refractivity contribution in [1.29, 1.82) is 0 Å². The first kappa shape index (κ1) is 18.6. The van der Waals surface area contributed by atoms with Crippen LogP contribution in [0.2, 0.25) is 0 Å². The van der Waals surface area contributed by atoms with Crippen LogP contribution in [0.5, 0.6) is 5.75 Å². The van der Waals surface area contributed by atoms with Gasteiger partial charge in [0.2, 0.25) is 0 Å². The van der Waals surface area contributed by atoms with Gasteiger partial charge in [0.05, 0.1) is 12.7 Å². The van der Waals surface area contributed by atoms with E-state index in [1.165, 1.54) is 0 Å². The van der Waals surface area contributed by atoms with E-state index in [2.05, 4.69) is 0 Å². The molecule has 1 aliphatic rings. The minimum absolute atomic E-state index is 0.154. The van der Waals surface area contributed by atoms with E-state index in [1.54, 1.807) is 4.90 Å². The summed E-state index contributed by atoms with van der Waals surface area (Å²) in [5, 5.41) is 10.6. The molecule has 134 valence electrons. The minimum atomic E-state index is -0.513. The fourth-order valence-corrected chi connectivity index (χ4v) is 2.92. The summed E-state index contributed by atoms with van der Waals surface area (Å²) >= 11 is 0. The van der Waals surface area contributed by atoms with E-state index in [0.717, 1.165) is 24.2 Å². The summed E-state index contributed by atoms with van der Waals surface area (Å²) < 4.78 is 10.8. The highest BCUT2D eigenvalue weighted by atomic mass is 16.6. The third-order valence-corrected chi connectivity index (χ3v) is 4.17. The van der Waals surface area contributed by atoms with E-state index in [0.29, 0.717) is 19.7 Å². The molecule has 1 N–H and O–H groups in total. The summed E-state index contributed by atoms with van der Waals surface area (Å²) in [6.45, 7) is 9.42. The molecule has 1 fully saturated rings. The van der Waals surface area contributed by atoms with Gasteiger partial charge in [0.25, 0.3) is 0 Å². The van der Waals surface area contributed by atoms with Crippen LogP contribution in [0.15, 0.2) is 24.3 Å². The van der Waals surface area contributed by atoms with Crippen molar-refractivity contribution in [2.24, 2.45) is 5.92 Å². The maximum Gasteiger partial charge on any atom is 0.410 e. The Bertz CT molecular complexity index is 527. The summed E-state index contributed by atoms with van der Waals surface area (Å²) in [7, 11) is 0. The quantitative estimate of drug-likeness (QED) is 0.910. The average Bonchev–Trinajstić information content (AvgIpc) is 2.54. The molecule has 0 saturated carbocycles. The molecule has 1 heterocycles. The van der Waals surface area contributed by atoms with Gasteiger partial charge in [-0.1, -0.05) is 12.1 Å². The predicted molar refractivity (Wildman–Crippen MR) is 93.1 cm³/mol. The highest BCUT2D eigenvalue weighted by molar-refractivity contribution is 5.68. The molecule has 24 heavy (non-hydrogen) atoms. The highest BCUT2D eigenvalue weighted by Gasteiger charge is 2.30. The van der Waals surface area contributed by atoms with E-state index in [1.807, 2.05) is 52.0 Å². The number of aliphatic hydroxyl groups is 1. The number of aliphatic hydroxyl groups excluding tert-OH is 1. The monoisotopic (exact) mass is 335 g/mol. The Balaban J connectivity index is 1.88. The van der Waals surface area contributed by atoms with Crippen molar-refractivity contribution in [1.82, 2.24) is 4.90 Å². The molecule has 0 bridgehead atoms. The average molecular weight is 335 g/mol. The summed E-state index contributed by atoms with van der Waals surface area (Å²) in [6.07, 6.45) is 0.763. The number of hydrogen-bond donors (Lipinski definition) is 1. The Morgan fingerprint density at radius 3 is 2.33 bits per heavy atom. The molecule has 0 aliphatic carbocycles. The molecule has 1 saturated heterocycles. The Labute approximate surface area is 144 Å². The number of hydrogen-bond acceptors (Lipinski definition) is 4. The molecule has 1 aliphatic heterocycles. The van der Waals surface area contributed by atoms with E-state index in [-0.39, 0.29) is 12.0 Å². The lowest BCUT2D eigenvalue weighted by Crippen LogP contribution is -2.42. The zero-order valence-electron chi connectivity index (χ0n) is 15.1. The van der Waals surface area contributed by atoms with Crippen molar-refractivity contribution >= 4 is 6.09 Å².